The van der Waals surface area contributed by atoms with Crippen LogP contribution in [0.4, 0.5) is 10.5 Å². The second-order valence-electron chi connectivity index (χ2n) is 8.95. The summed E-state index contributed by atoms with van der Waals surface area (Å²) >= 11 is 0. The van der Waals surface area contributed by atoms with E-state index >= 15 is 0 Å². The van der Waals surface area contributed by atoms with Gasteiger partial charge in [0.05, 0.1) is 17.4 Å². The molecule has 0 spiro atoms. The monoisotopic (exact) mass is 467 g/mol. The number of carbonyl (C=O) groups excluding carboxylic acids is 2. The van der Waals surface area contributed by atoms with Gasteiger partial charge in [0, 0.05) is 37.8 Å². The van der Waals surface area contributed by atoms with Crippen LogP contribution in [0.15, 0.2) is 85.2 Å². The molecule has 7 heteroatoms. The standard InChI is InChI=1S/C28H29N5O2/c34-27(31-24-6-2-1-3-7-24)23-14-16-32(17-15-23)28(35)29-18-21-10-12-22(13-11-21)19-33-20-30-25-8-4-5-9-26(25)33/h1-13,20,23H,14-19H2,(H,29,35)(H,31,34). The maximum absolute atomic E-state index is 12.6. The van der Waals surface area contributed by atoms with Gasteiger partial charge < -0.3 is 20.1 Å². The molecule has 3 amide bonds. The number of imidazole rings is 1. The van der Waals surface area contributed by atoms with Crippen LogP contribution in [0.1, 0.15) is 24.0 Å². The molecule has 1 aromatic heterocycles. The summed E-state index contributed by atoms with van der Waals surface area (Å²) in [5.41, 5.74) is 5.15. The maximum Gasteiger partial charge on any atom is 0.317 e. The van der Waals surface area contributed by atoms with Crippen molar-refractivity contribution in [3.8, 4) is 0 Å². The number of nitrogens with one attached hydrogen (secondary N) is 2. The number of para-hydroxylation sites is 3. The normalized spacial score (nSPS) is 14.1. The van der Waals surface area contributed by atoms with Crippen molar-refractivity contribution in [3.05, 3.63) is 96.3 Å². The highest BCUT2D eigenvalue weighted by Gasteiger charge is 2.27. The lowest BCUT2D eigenvalue weighted by Crippen LogP contribution is -2.45. The molecule has 1 fully saturated rings. The van der Waals surface area contributed by atoms with Crippen molar-refractivity contribution in [1.82, 2.24) is 19.8 Å². The minimum absolute atomic E-state index is 0.0278. The highest BCUT2D eigenvalue weighted by atomic mass is 16.2. The van der Waals surface area contributed by atoms with Gasteiger partial charge in [-0.05, 0) is 48.2 Å². The average molecular weight is 468 g/mol. The summed E-state index contributed by atoms with van der Waals surface area (Å²) < 4.78 is 2.13. The van der Waals surface area contributed by atoms with Gasteiger partial charge in [-0.15, -0.1) is 0 Å². The highest BCUT2D eigenvalue weighted by molar-refractivity contribution is 5.92. The van der Waals surface area contributed by atoms with Gasteiger partial charge in [-0.1, -0.05) is 54.6 Å². The SMILES string of the molecule is O=C(Nc1ccccc1)C1CCN(C(=O)NCc2ccc(Cn3cnc4ccccc43)cc2)CC1. The van der Waals surface area contributed by atoms with E-state index in [9.17, 15) is 9.59 Å². The third-order valence-electron chi connectivity index (χ3n) is 6.54. The Hall–Kier alpha value is -4.13. The van der Waals surface area contributed by atoms with Crippen LogP contribution in [0.2, 0.25) is 0 Å². The number of carbonyl (C=O) groups is 2. The lowest BCUT2D eigenvalue weighted by Gasteiger charge is -2.31. The Morgan fingerprint density at radius 1 is 0.857 bits per heavy atom. The van der Waals surface area contributed by atoms with Crippen LogP contribution in [0.3, 0.4) is 0 Å². The molecule has 178 valence electrons. The molecule has 0 aliphatic carbocycles. The molecular weight excluding hydrogens is 438 g/mol. The van der Waals surface area contributed by atoms with Crippen molar-refractivity contribution in [2.24, 2.45) is 5.92 Å². The van der Waals surface area contributed by atoms with Gasteiger partial charge in [0.15, 0.2) is 0 Å². The van der Waals surface area contributed by atoms with Crippen LogP contribution in [-0.4, -0.2) is 39.5 Å². The Morgan fingerprint density at radius 3 is 2.31 bits per heavy atom. The fraction of sp³-hybridized carbons (Fsp3) is 0.250. The smallest absolute Gasteiger partial charge is 0.317 e. The number of fused-ring (bicyclic) bond motifs is 1. The largest absolute Gasteiger partial charge is 0.334 e. The van der Waals surface area contributed by atoms with Crippen molar-refractivity contribution in [2.45, 2.75) is 25.9 Å². The van der Waals surface area contributed by atoms with Gasteiger partial charge in [0.25, 0.3) is 0 Å². The van der Waals surface area contributed by atoms with Crippen LogP contribution in [0.25, 0.3) is 11.0 Å². The number of nitrogens with zero attached hydrogens (tertiary/aromatic N) is 3. The minimum atomic E-state index is -0.0825. The number of amides is 3. The van der Waals surface area contributed by atoms with E-state index in [2.05, 4.69) is 50.5 Å². The predicted octanol–water partition coefficient (Wildman–Crippen LogP) is 4.64. The van der Waals surface area contributed by atoms with Gasteiger partial charge >= 0.3 is 6.03 Å². The molecule has 1 saturated heterocycles. The number of aromatic nitrogens is 2. The zero-order valence-electron chi connectivity index (χ0n) is 19.6. The third-order valence-corrected chi connectivity index (χ3v) is 6.54. The van der Waals surface area contributed by atoms with Gasteiger partial charge in [-0.2, -0.15) is 0 Å². The summed E-state index contributed by atoms with van der Waals surface area (Å²) in [5, 5.41) is 5.98. The number of hydrogen-bond donors (Lipinski definition) is 2. The van der Waals surface area contributed by atoms with E-state index in [4.69, 9.17) is 0 Å². The maximum atomic E-state index is 12.6. The second kappa shape index (κ2) is 10.4. The number of hydrogen-bond acceptors (Lipinski definition) is 3. The first-order valence-electron chi connectivity index (χ1n) is 12.0. The summed E-state index contributed by atoms with van der Waals surface area (Å²) in [6.07, 6.45) is 3.21. The van der Waals surface area contributed by atoms with E-state index in [1.807, 2.05) is 54.9 Å². The molecule has 5 rings (SSSR count). The van der Waals surface area contributed by atoms with Crippen LogP contribution < -0.4 is 10.6 Å². The second-order valence-corrected chi connectivity index (χ2v) is 8.95. The fourth-order valence-corrected chi connectivity index (χ4v) is 4.50. The first-order chi connectivity index (χ1) is 17.2. The third kappa shape index (κ3) is 5.51. The minimum Gasteiger partial charge on any atom is -0.334 e. The Kier molecular flexibility index (Phi) is 6.75. The predicted molar refractivity (Wildman–Crippen MR) is 137 cm³/mol. The lowest BCUT2D eigenvalue weighted by molar-refractivity contribution is -0.121. The summed E-state index contributed by atoms with van der Waals surface area (Å²) in [6.45, 7) is 2.38. The lowest BCUT2D eigenvalue weighted by atomic mass is 9.96. The van der Waals surface area contributed by atoms with Crippen molar-refractivity contribution in [3.63, 3.8) is 0 Å². The highest BCUT2D eigenvalue weighted by Crippen LogP contribution is 2.20. The van der Waals surface area contributed by atoms with Gasteiger partial charge in [-0.3, -0.25) is 4.79 Å². The molecule has 2 heterocycles. The van der Waals surface area contributed by atoms with Crippen LogP contribution >= 0.6 is 0 Å². The molecule has 0 bridgehead atoms. The molecule has 0 unspecified atom stereocenters. The van der Waals surface area contributed by atoms with E-state index < -0.39 is 0 Å². The van der Waals surface area contributed by atoms with E-state index in [0.717, 1.165) is 28.8 Å². The Morgan fingerprint density at radius 2 is 1.54 bits per heavy atom. The number of anilines is 1. The number of piperidine rings is 1. The first kappa shape index (κ1) is 22.7. The number of rotatable bonds is 6. The van der Waals surface area contributed by atoms with Gasteiger partial charge in [0.2, 0.25) is 5.91 Å². The van der Waals surface area contributed by atoms with Crippen LogP contribution in [-0.2, 0) is 17.9 Å². The van der Waals surface area contributed by atoms with Crippen LogP contribution in [0, 0.1) is 5.92 Å². The Bertz CT molecular complexity index is 1290. The van der Waals surface area contributed by atoms with E-state index in [-0.39, 0.29) is 17.9 Å². The van der Waals surface area contributed by atoms with Crippen molar-refractivity contribution < 1.29 is 9.59 Å². The molecule has 3 aromatic carbocycles. The van der Waals surface area contributed by atoms with Crippen molar-refractivity contribution >= 4 is 28.7 Å². The summed E-state index contributed by atoms with van der Waals surface area (Å²) in [7, 11) is 0. The molecule has 2 N–H and O–H groups in total. The first-order valence-corrected chi connectivity index (χ1v) is 12.0. The molecule has 0 saturated carbocycles. The van der Waals surface area contributed by atoms with Gasteiger partial charge in [0.1, 0.15) is 0 Å². The molecule has 1 aliphatic rings. The molecule has 1 aliphatic heterocycles. The summed E-state index contributed by atoms with van der Waals surface area (Å²) in [6, 6.07) is 25.8. The Labute approximate surface area is 204 Å². The topological polar surface area (TPSA) is 79.3 Å². The average Bonchev–Trinajstić information content (AvgIpc) is 3.31. The van der Waals surface area contributed by atoms with E-state index in [1.54, 1.807) is 4.90 Å². The fourth-order valence-electron chi connectivity index (χ4n) is 4.50. The summed E-state index contributed by atoms with van der Waals surface area (Å²) in [4.78, 5) is 31.4. The van der Waals surface area contributed by atoms with E-state index in [0.29, 0.717) is 32.5 Å². The zero-order chi connectivity index (χ0) is 24.0. The number of likely N-dealkylation sites (tertiary alicyclic amines) is 1. The zero-order valence-corrected chi connectivity index (χ0v) is 19.6. The van der Waals surface area contributed by atoms with Crippen LogP contribution in [0.5, 0.6) is 0 Å². The van der Waals surface area contributed by atoms with Crippen molar-refractivity contribution in [1.29, 1.82) is 0 Å². The molecular formula is C28H29N5O2. The molecule has 0 atom stereocenters. The summed E-state index contributed by atoms with van der Waals surface area (Å²) in [5.74, 6) is -0.0422. The van der Waals surface area contributed by atoms with Gasteiger partial charge in [-0.25, -0.2) is 9.78 Å². The molecule has 4 aromatic rings. The number of benzene rings is 3. The quantitative estimate of drug-likeness (QED) is 0.433. The molecule has 0 radical (unpaired) electrons. The Balaban J connectivity index is 1.08. The number of urea groups is 1. The molecule has 35 heavy (non-hydrogen) atoms. The van der Waals surface area contributed by atoms with E-state index in [1.165, 1.54) is 5.56 Å². The molecule has 7 nitrogen and oxygen atoms in total. The van der Waals surface area contributed by atoms with Crippen molar-refractivity contribution in [2.75, 3.05) is 18.4 Å².